The molecule has 1 heterocycles. The van der Waals surface area contributed by atoms with Crippen molar-refractivity contribution in [2.75, 3.05) is 12.7 Å². The summed E-state index contributed by atoms with van der Waals surface area (Å²) in [5, 5.41) is 0. The number of likely N-dealkylation sites (tertiary alicyclic amines) is 1. The Morgan fingerprint density at radius 1 is 1.23 bits per heavy atom. The van der Waals surface area contributed by atoms with Crippen molar-refractivity contribution in [2.45, 2.75) is 58.3 Å². The SMILES string of the molecule is CCC1CCCCN1C[Si](C)(C)C. The molecule has 2 heteroatoms. The first-order chi connectivity index (χ1) is 6.03. The van der Waals surface area contributed by atoms with E-state index in [1.54, 1.807) is 0 Å². The molecule has 0 N–H and O–H groups in total. The zero-order valence-electron chi connectivity index (χ0n) is 9.77. The first-order valence-corrected chi connectivity index (χ1v) is 9.47. The summed E-state index contributed by atoms with van der Waals surface area (Å²) in [6, 6.07) is 0.903. The Kier molecular flexibility index (Phi) is 3.99. The molecule has 1 unspecified atom stereocenters. The average molecular weight is 199 g/mol. The van der Waals surface area contributed by atoms with E-state index >= 15 is 0 Å². The zero-order valence-corrected chi connectivity index (χ0v) is 10.8. The Balaban J connectivity index is 2.45. The predicted octanol–water partition coefficient (Wildman–Crippen LogP) is 3.13. The molecule has 0 aromatic rings. The molecule has 1 aliphatic heterocycles. The van der Waals surface area contributed by atoms with E-state index in [0.717, 1.165) is 6.04 Å². The van der Waals surface area contributed by atoms with Crippen LogP contribution in [0.4, 0.5) is 0 Å². The lowest BCUT2D eigenvalue weighted by Gasteiger charge is -2.38. The van der Waals surface area contributed by atoms with Gasteiger partial charge in [0.15, 0.2) is 0 Å². The first kappa shape index (κ1) is 11.3. The average Bonchev–Trinajstić information content (AvgIpc) is 2.02. The van der Waals surface area contributed by atoms with Crippen molar-refractivity contribution in [3.63, 3.8) is 0 Å². The summed E-state index contributed by atoms with van der Waals surface area (Å²) in [4.78, 5) is 2.76. The molecule has 0 saturated carbocycles. The summed E-state index contributed by atoms with van der Waals surface area (Å²) in [6.45, 7) is 11.1. The van der Waals surface area contributed by atoms with Crippen LogP contribution in [0, 0.1) is 0 Å². The molecule has 0 amide bonds. The number of piperidine rings is 1. The molecule has 1 fully saturated rings. The lowest BCUT2D eigenvalue weighted by molar-refractivity contribution is 0.167. The lowest BCUT2D eigenvalue weighted by Crippen LogP contribution is -2.47. The molecular formula is C11H25NSi. The molecule has 0 spiro atoms. The monoisotopic (exact) mass is 199 g/mol. The molecule has 1 saturated heterocycles. The topological polar surface area (TPSA) is 3.24 Å². The summed E-state index contributed by atoms with van der Waals surface area (Å²) in [6.07, 6.45) is 7.10. The van der Waals surface area contributed by atoms with Crippen LogP contribution >= 0.6 is 0 Å². The molecule has 0 radical (unpaired) electrons. The van der Waals surface area contributed by atoms with Crippen molar-refractivity contribution in [2.24, 2.45) is 0 Å². The third-order valence-corrected chi connectivity index (χ3v) is 4.25. The van der Waals surface area contributed by atoms with Crippen LogP contribution in [0.25, 0.3) is 0 Å². The molecular weight excluding hydrogens is 174 g/mol. The van der Waals surface area contributed by atoms with E-state index in [9.17, 15) is 0 Å². The second-order valence-corrected chi connectivity index (χ2v) is 11.0. The highest BCUT2D eigenvalue weighted by Crippen LogP contribution is 2.21. The second kappa shape index (κ2) is 4.60. The predicted molar refractivity (Wildman–Crippen MR) is 62.8 cm³/mol. The van der Waals surface area contributed by atoms with Crippen LogP contribution in [0.3, 0.4) is 0 Å². The quantitative estimate of drug-likeness (QED) is 0.631. The van der Waals surface area contributed by atoms with Crippen LogP contribution in [0.2, 0.25) is 19.6 Å². The van der Waals surface area contributed by atoms with Gasteiger partial charge >= 0.3 is 0 Å². The highest BCUT2D eigenvalue weighted by atomic mass is 28.3. The van der Waals surface area contributed by atoms with Crippen molar-refractivity contribution in [3.8, 4) is 0 Å². The molecule has 0 aliphatic carbocycles. The van der Waals surface area contributed by atoms with E-state index in [1.165, 1.54) is 38.4 Å². The van der Waals surface area contributed by atoms with Gasteiger partial charge in [-0.25, -0.2) is 0 Å². The van der Waals surface area contributed by atoms with E-state index in [1.807, 2.05) is 0 Å². The van der Waals surface area contributed by atoms with Gasteiger partial charge < -0.3 is 4.90 Å². The third kappa shape index (κ3) is 3.82. The van der Waals surface area contributed by atoms with E-state index in [0.29, 0.717) is 0 Å². The Bertz CT molecular complexity index is 151. The second-order valence-electron chi connectivity index (χ2n) is 5.59. The van der Waals surface area contributed by atoms with Gasteiger partial charge in [0.25, 0.3) is 0 Å². The van der Waals surface area contributed by atoms with E-state index in [4.69, 9.17) is 0 Å². The van der Waals surface area contributed by atoms with Crippen LogP contribution in [-0.2, 0) is 0 Å². The van der Waals surface area contributed by atoms with Gasteiger partial charge in [0.2, 0.25) is 0 Å². The van der Waals surface area contributed by atoms with E-state index < -0.39 is 8.07 Å². The zero-order chi connectivity index (χ0) is 9.90. The Morgan fingerprint density at radius 2 is 1.92 bits per heavy atom. The maximum Gasteiger partial charge on any atom is 0.0599 e. The molecule has 1 nitrogen and oxygen atoms in total. The van der Waals surface area contributed by atoms with Crippen molar-refractivity contribution in [1.29, 1.82) is 0 Å². The number of nitrogens with zero attached hydrogens (tertiary/aromatic N) is 1. The van der Waals surface area contributed by atoms with E-state index in [-0.39, 0.29) is 0 Å². The minimum atomic E-state index is -0.877. The molecule has 78 valence electrons. The van der Waals surface area contributed by atoms with Gasteiger partial charge in [-0.2, -0.15) is 0 Å². The van der Waals surface area contributed by atoms with Crippen LogP contribution in [-0.4, -0.2) is 31.7 Å². The van der Waals surface area contributed by atoms with Gasteiger partial charge in [0.1, 0.15) is 0 Å². The summed E-state index contributed by atoms with van der Waals surface area (Å²) in [7, 11) is -0.877. The summed E-state index contributed by atoms with van der Waals surface area (Å²) >= 11 is 0. The fraction of sp³-hybridized carbons (Fsp3) is 1.00. The van der Waals surface area contributed by atoms with Crippen LogP contribution < -0.4 is 0 Å². The Labute approximate surface area is 84.5 Å². The summed E-state index contributed by atoms with van der Waals surface area (Å²) in [5.41, 5.74) is 0. The minimum Gasteiger partial charge on any atom is -0.303 e. The molecule has 0 aromatic carbocycles. The smallest absolute Gasteiger partial charge is 0.0599 e. The maximum absolute atomic E-state index is 2.76. The van der Waals surface area contributed by atoms with E-state index in [2.05, 4.69) is 31.5 Å². The normalized spacial score (nSPS) is 26.3. The summed E-state index contributed by atoms with van der Waals surface area (Å²) in [5.74, 6) is 0. The highest BCUT2D eigenvalue weighted by molar-refractivity contribution is 6.76. The lowest BCUT2D eigenvalue weighted by atomic mass is 10.0. The fourth-order valence-corrected chi connectivity index (χ4v) is 3.97. The highest BCUT2D eigenvalue weighted by Gasteiger charge is 2.25. The fourth-order valence-electron chi connectivity index (χ4n) is 2.34. The summed E-state index contributed by atoms with van der Waals surface area (Å²) < 4.78 is 0. The van der Waals surface area contributed by atoms with Gasteiger partial charge in [-0.1, -0.05) is 33.0 Å². The van der Waals surface area contributed by atoms with Crippen LogP contribution in [0.5, 0.6) is 0 Å². The molecule has 13 heavy (non-hydrogen) atoms. The largest absolute Gasteiger partial charge is 0.303 e. The van der Waals surface area contributed by atoms with Gasteiger partial charge in [0, 0.05) is 6.04 Å². The number of hydrogen-bond donors (Lipinski definition) is 0. The van der Waals surface area contributed by atoms with Gasteiger partial charge in [-0.3, -0.25) is 0 Å². The Morgan fingerprint density at radius 3 is 2.46 bits per heavy atom. The molecule has 1 atom stereocenters. The van der Waals surface area contributed by atoms with Crippen molar-refractivity contribution in [3.05, 3.63) is 0 Å². The van der Waals surface area contributed by atoms with Gasteiger partial charge in [-0.05, 0) is 32.0 Å². The van der Waals surface area contributed by atoms with Crippen LogP contribution in [0.1, 0.15) is 32.6 Å². The van der Waals surface area contributed by atoms with Crippen LogP contribution in [0.15, 0.2) is 0 Å². The number of rotatable bonds is 3. The minimum absolute atomic E-state index is 0.877. The van der Waals surface area contributed by atoms with Gasteiger partial charge in [-0.15, -0.1) is 0 Å². The van der Waals surface area contributed by atoms with Crippen molar-refractivity contribution < 1.29 is 0 Å². The molecule has 1 rings (SSSR count). The molecule has 0 aromatic heterocycles. The molecule has 0 bridgehead atoms. The van der Waals surface area contributed by atoms with Crippen molar-refractivity contribution >= 4 is 8.07 Å². The van der Waals surface area contributed by atoms with Crippen molar-refractivity contribution in [1.82, 2.24) is 4.90 Å². The molecule has 1 aliphatic rings. The standard InChI is InChI=1S/C11H25NSi/c1-5-11-8-6-7-9-12(11)10-13(2,3)4/h11H,5-10H2,1-4H3. The maximum atomic E-state index is 2.76. The number of hydrogen-bond acceptors (Lipinski definition) is 1. The van der Waals surface area contributed by atoms with Gasteiger partial charge in [0.05, 0.1) is 8.07 Å². The Hall–Kier alpha value is 0.177. The first-order valence-electron chi connectivity index (χ1n) is 5.77. The third-order valence-electron chi connectivity index (χ3n) is 2.90.